The first kappa shape index (κ1) is 10.7. The van der Waals surface area contributed by atoms with Crippen LogP contribution in [0.2, 0.25) is 0 Å². The summed E-state index contributed by atoms with van der Waals surface area (Å²) in [6.07, 6.45) is -0.754. The van der Waals surface area contributed by atoms with Crippen LogP contribution in [0.5, 0.6) is 0 Å². The van der Waals surface area contributed by atoms with Gasteiger partial charge in [0.1, 0.15) is 6.04 Å². The fraction of sp³-hybridized carbons (Fsp3) is 0.600. The lowest BCUT2D eigenvalue weighted by Gasteiger charge is -2.06. The van der Waals surface area contributed by atoms with Crippen molar-refractivity contribution >= 4 is 12.1 Å². The molecule has 0 aliphatic rings. The van der Waals surface area contributed by atoms with E-state index in [0.717, 1.165) is 0 Å². The van der Waals surface area contributed by atoms with Crippen LogP contribution in [0.25, 0.3) is 0 Å². The number of hydrazine groups is 1. The van der Waals surface area contributed by atoms with Crippen molar-refractivity contribution in [2.45, 2.75) is 12.5 Å². The van der Waals surface area contributed by atoms with Gasteiger partial charge in [-0.25, -0.2) is 10.6 Å². The zero-order valence-corrected chi connectivity index (χ0v) is 6.32. The fourth-order valence-electron chi connectivity index (χ4n) is 0.444. The van der Waals surface area contributed by atoms with E-state index in [1.165, 1.54) is 0 Å². The normalized spacial score (nSPS) is 11.8. The molecule has 0 aliphatic carbocycles. The molecule has 0 spiro atoms. The zero-order chi connectivity index (χ0) is 9.56. The number of hydrogen-bond acceptors (Lipinski definition) is 5. The van der Waals surface area contributed by atoms with Crippen LogP contribution >= 0.6 is 0 Å². The number of amides is 1. The topological polar surface area (TPSA) is 128 Å². The molecule has 0 heterocycles. The minimum Gasteiger partial charge on any atom is -0.480 e. The van der Waals surface area contributed by atoms with E-state index in [9.17, 15) is 9.59 Å². The molecule has 1 atom stereocenters. The summed E-state index contributed by atoms with van der Waals surface area (Å²) in [5, 5.41) is 8.30. The van der Waals surface area contributed by atoms with Gasteiger partial charge >= 0.3 is 12.1 Å². The molecule has 12 heavy (non-hydrogen) atoms. The monoisotopic (exact) mass is 177 g/mol. The maximum Gasteiger partial charge on any atom is 0.421 e. The Morgan fingerprint density at radius 1 is 1.58 bits per heavy atom. The number of rotatable bonds is 4. The highest BCUT2D eigenvalue weighted by Crippen LogP contribution is 1.89. The second kappa shape index (κ2) is 5.33. The van der Waals surface area contributed by atoms with Crippen LogP contribution in [0.3, 0.4) is 0 Å². The third-order valence-electron chi connectivity index (χ3n) is 1.10. The summed E-state index contributed by atoms with van der Waals surface area (Å²) in [4.78, 5) is 20.5. The van der Waals surface area contributed by atoms with Crippen LogP contribution in [0, 0.1) is 0 Å². The standard InChI is InChI=1S/C5H11N3O4/c6-3(4(9)10)1-2-12-5(11)8-7/h3H,1-2,6-7H2,(H,8,11)(H,9,10)/t3-/m0/s1. The largest absolute Gasteiger partial charge is 0.480 e. The highest BCUT2D eigenvalue weighted by molar-refractivity contribution is 5.73. The number of carboxylic acids is 1. The molecule has 0 rings (SSSR count). The average molecular weight is 177 g/mol. The van der Waals surface area contributed by atoms with Crippen LogP contribution in [0.4, 0.5) is 4.79 Å². The number of hydrogen-bond donors (Lipinski definition) is 4. The summed E-state index contributed by atoms with van der Waals surface area (Å²) in [7, 11) is 0. The summed E-state index contributed by atoms with van der Waals surface area (Å²) < 4.78 is 4.39. The van der Waals surface area contributed by atoms with Crippen molar-refractivity contribution < 1.29 is 19.4 Å². The van der Waals surface area contributed by atoms with E-state index in [4.69, 9.17) is 10.8 Å². The molecule has 0 aromatic rings. The summed E-state index contributed by atoms with van der Waals surface area (Å²) >= 11 is 0. The fourth-order valence-corrected chi connectivity index (χ4v) is 0.444. The summed E-state index contributed by atoms with van der Waals surface area (Å²) in [6.45, 7) is -0.0729. The Hall–Kier alpha value is -1.34. The molecule has 0 bridgehead atoms. The molecule has 7 nitrogen and oxygen atoms in total. The predicted molar refractivity (Wildman–Crippen MR) is 38.9 cm³/mol. The van der Waals surface area contributed by atoms with Crippen molar-refractivity contribution in [3.8, 4) is 0 Å². The van der Waals surface area contributed by atoms with Gasteiger partial charge in [-0.05, 0) is 0 Å². The highest BCUT2D eigenvalue weighted by atomic mass is 16.5. The van der Waals surface area contributed by atoms with E-state index in [2.05, 4.69) is 10.6 Å². The average Bonchev–Trinajstić information content (AvgIpc) is 2.03. The van der Waals surface area contributed by atoms with Gasteiger partial charge in [0.05, 0.1) is 6.61 Å². The molecule has 1 amide bonds. The molecule has 7 heteroatoms. The molecule has 0 aromatic carbocycles. The van der Waals surface area contributed by atoms with E-state index in [-0.39, 0.29) is 13.0 Å². The Morgan fingerprint density at radius 3 is 2.58 bits per heavy atom. The Labute approximate surface area is 68.6 Å². The molecular formula is C5H11N3O4. The molecule has 0 saturated heterocycles. The first-order valence-corrected chi connectivity index (χ1v) is 3.19. The van der Waals surface area contributed by atoms with Crippen molar-refractivity contribution in [1.29, 1.82) is 0 Å². The van der Waals surface area contributed by atoms with Crippen LogP contribution in [0.1, 0.15) is 6.42 Å². The summed E-state index contributed by atoms with van der Waals surface area (Å²) in [5.74, 6) is 3.54. The lowest BCUT2D eigenvalue weighted by atomic mass is 10.2. The number of carbonyl (C=O) groups excluding carboxylic acids is 1. The van der Waals surface area contributed by atoms with Gasteiger partial charge in [-0.2, -0.15) is 0 Å². The lowest BCUT2D eigenvalue weighted by molar-refractivity contribution is -0.138. The van der Waals surface area contributed by atoms with Gasteiger partial charge in [0.25, 0.3) is 0 Å². The van der Waals surface area contributed by atoms with Gasteiger partial charge in [-0.15, -0.1) is 0 Å². The molecule has 0 aliphatic heterocycles. The van der Waals surface area contributed by atoms with E-state index < -0.39 is 18.1 Å². The number of ether oxygens (including phenoxy) is 1. The minimum atomic E-state index is -1.13. The number of carbonyl (C=O) groups is 2. The Balaban J connectivity index is 3.43. The van der Waals surface area contributed by atoms with Gasteiger partial charge < -0.3 is 15.6 Å². The van der Waals surface area contributed by atoms with Crippen molar-refractivity contribution in [2.24, 2.45) is 11.6 Å². The molecule has 0 saturated carbocycles. The van der Waals surface area contributed by atoms with Crippen LogP contribution in [-0.4, -0.2) is 29.8 Å². The Kier molecular flexibility index (Phi) is 4.73. The number of carboxylic acid groups (broad SMARTS) is 1. The molecule has 70 valence electrons. The second-order valence-electron chi connectivity index (χ2n) is 2.01. The quantitative estimate of drug-likeness (QED) is 0.232. The number of nitrogens with two attached hydrogens (primary N) is 2. The first-order chi connectivity index (χ1) is 5.57. The maximum atomic E-state index is 10.3. The van der Waals surface area contributed by atoms with Crippen LogP contribution in [0.15, 0.2) is 0 Å². The maximum absolute atomic E-state index is 10.3. The van der Waals surface area contributed by atoms with Crippen molar-refractivity contribution in [3.63, 3.8) is 0 Å². The van der Waals surface area contributed by atoms with Crippen molar-refractivity contribution in [3.05, 3.63) is 0 Å². The van der Waals surface area contributed by atoms with Gasteiger partial charge in [0.15, 0.2) is 0 Å². The van der Waals surface area contributed by atoms with Gasteiger partial charge in [-0.3, -0.25) is 10.2 Å². The van der Waals surface area contributed by atoms with E-state index >= 15 is 0 Å². The molecule has 0 aromatic heterocycles. The summed E-state index contributed by atoms with van der Waals surface area (Å²) in [6, 6.07) is -1.02. The van der Waals surface area contributed by atoms with Gasteiger partial charge in [0.2, 0.25) is 0 Å². The van der Waals surface area contributed by atoms with Crippen LogP contribution < -0.4 is 17.0 Å². The summed E-state index contributed by atoms with van der Waals surface area (Å²) in [5.41, 5.74) is 6.82. The number of aliphatic carboxylic acids is 1. The van der Waals surface area contributed by atoms with E-state index in [0.29, 0.717) is 0 Å². The van der Waals surface area contributed by atoms with Crippen LogP contribution in [-0.2, 0) is 9.53 Å². The van der Waals surface area contributed by atoms with Crippen molar-refractivity contribution in [1.82, 2.24) is 5.43 Å². The first-order valence-electron chi connectivity index (χ1n) is 3.19. The van der Waals surface area contributed by atoms with E-state index in [1.807, 2.05) is 0 Å². The van der Waals surface area contributed by atoms with Gasteiger partial charge in [-0.1, -0.05) is 0 Å². The highest BCUT2D eigenvalue weighted by Gasteiger charge is 2.11. The SMILES string of the molecule is NNC(=O)OCC[C@H](N)C(=O)O. The van der Waals surface area contributed by atoms with E-state index in [1.54, 1.807) is 5.43 Å². The molecule has 0 radical (unpaired) electrons. The Morgan fingerprint density at radius 2 is 2.17 bits per heavy atom. The lowest BCUT2D eigenvalue weighted by Crippen LogP contribution is -2.34. The predicted octanol–water partition coefficient (Wildman–Crippen LogP) is -1.61. The molecule has 6 N–H and O–H groups in total. The Bertz CT molecular complexity index is 172. The molecular weight excluding hydrogens is 166 g/mol. The van der Waals surface area contributed by atoms with Crippen molar-refractivity contribution in [2.75, 3.05) is 6.61 Å². The zero-order valence-electron chi connectivity index (χ0n) is 6.32. The second-order valence-corrected chi connectivity index (χ2v) is 2.01. The molecule has 0 unspecified atom stereocenters. The molecule has 0 fully saturated rings. The minimum absolute atomic E-state index is 0.0583. The number of nitrogens with one attached hydrogen (secondary N) is 1. The third kappa shape index (κ3) is 4.47. The smallest absolute Gasteiger partial charge is 0.421 e. The third-order valence-corrected chi connectivity index (χ3v) is 1.10. The van der Waals surface area contributed by atoms with Gasteiger partial charge in [0, 0.05) is 6.42 Å².